The average Bonchev–Trinajstić information content (AvgIpc) is 2.37. The van der Waals surface area contributed by atoms with Gasteiger partial charge in [-0.25, -0.2) is 0 Å². The van der Waals surface area contributed by atoms with E-state index in [1.54, 1.807) is 0 Å². The monoisotopic (exact) mass is 312 g/mol. The molecule has 0 heterocycles. The van der Waals surface area contributed by atoms with Gasteiger partial charge in [-0.05, 0) is 30.5 Å². The maximum Gasteiger partial charge on any atom is 0.237 e. The Morgan fingerprint density at radius 1 is 1.33 bits per heavy atom. The van der Waals surface area contributed by atoms with Crippen LogP contribution in [0.25, 0.3) is 0 Å². The number of hydrogen-bond acceptors (Lipinski definition) is 2. The fourth-order valence-corrected chi connectivity index (χ4v) is 1.92. The molecule has 100 valence electrons. The van der Waals surface area contributed by atoms with Crippen molar-refractivity contribution in [3.63, 3.8) is 0 Å². The van der Waals surface area contributed by atoms with Crippen molar-refractivity contribution in [2.24, 2.45) is 11.7 Å². The topological polar surface area (TPSA) is 55.1 Å². The summed E-state index contributed by atoms with van der Waals surface area (Å²) in [7, 11) is 0. The molecule has 3 atom stereocenters. The van der Waals surface area contributed by atoms with Crippen molar-refractivity contribution < 1.29 is 4.79 Å². The second-order valence-electron chi connectivity index (χ2n) is 4.69. The van der Waals surface area contributed by atoms with Crippen LogP contribution in [0, 0.1) is 5.92 Å². The van der Waals surface area contributed by atoms with E-state index in [1.807, 2.05) is 45.0 Å². The molecule has 0 saturated heterocycles. The molecular weight excluding hydrogens is 292 g/mol. The van der Waals surface area contributed by atoms with Crippen LogP contribution in [-0.4, -0.2) is 11.9 Å². The van der Waals surface area contributed by atoms with Crippen LogP contribution in [0.2, 0.25) is 0 Å². The lowest BCUT2D eigenvalue weighted by Gasteiger charge is -2.21. The predicted octanol–water partition coefficient (Wildman–Crippen LogP) is 3.00. The predicted molar refractivity (Wildman–Crippen MR) is 78.1 cm³/mol. The Morgan fingerprint density at radius 3 is 2.39 bits per heavy atom. The summed E-state index contributed by atoms with van der Waals surface area (Å²) in [4.78, 5) is 11.9. The lowest BCUT2D eigenvalue weighted by Crippen LogP contribution is -2.45. The van der Waals surface area contributed by atoms with Crippen LogP contribution in [0.5, 0.6) is 0 Å². The van der Waals surface area contributed by atoms with E-state index in [0.717, 1.165) is 16.5 Å². The highest BCUT2D eigenvalue weighted by Crippen LogP contribution is 2.17. The molecule has 4 heteroatoms. The summed E-state index contributed by atoms with van der Waals surface area (Å²) in [6.07, 6.45) is 0.904. The molecule has 1 amide bonds. The molecule has 0 aromatic heterocycles. The molecule has 0 aliphatic rings. The molecule has 0 aliphatic heterocycles. The summed E-state index contributed by atoms with van der Waals surface area (Å²) >= 11 is 3.39. The number of hydrogen-bond donors (Lipinski definition) is 2. The van der Waals surface area contributed by atoms with Crippen molar-refractivity contribution >= 4 is 21.8 Å². The van der Waals surface area contributed by atoms with E-state index in [4.69, 9.17) is 5.73 Å². The molecule has 1 aromatic carbocycles. The van der Waals surface area contributed by atoms with Crippen molar-refractivity contribution in [2.45, 2.75) is 39.3 Å². The largest absolute Gasteiger partial charge is 0.348 e. The number of carbonyl (C=O) groups is 1. The van der Waals surface area contributed by atoms with Gasteiger partial charge < -0.3 is 11.1 Å². The van der Waals surface area contributed by atoms with Crippen LogP contribution in [0.3, 0.4) is 0 Å². The second kappa shape index (κ2) is 6.90. The lowest BCUT2D eigenvalue weighted by molar-refractivity contribution is -0.124. The van der Waals surface area contributed by atoms with E-state index in [2.05, 4.69) is 21.2 Å². The van der Waals surface area contributed by atoms with Gasteiger partial charge in [-0.2, -0.15) is 0 Å². The van der Waals surface area contributed by atoms with Crippen LogP contribution in [-0.2, 0) is 4.79 Å². The number of amides is 1. The zero-order valence-corrected chi connectivity index (χ0v) is 12.7. The third-order valence-corrected chi connectivity index (χ3v) is 3.82. The van der Waals surface area contributed by atoms with Crippen molar-refractivity contribution in [2.75, 3.05) is 0 Å². The molecule has 0 saturated carbocycles. The van der Waals surface area contributed by atoms with E-state index < -0.39 is 6.04 Å². The highest BCUT2D eigenvalue weighted by atomic mass is 79.9. The molecule has 0 bridgehead atoms. The Labute approximate surface area is 117 Å². The zero-order chi connectivity index (χ0) is 13.7. The van der Waals surface area contributed by atoms with Crippen molar-refractivity contribution in [3.05, 3.63) is 34.3 Å². The second-order valence-corrected chi connectivity index (χ2v) is 5.61. The Hall–Kier alpha value is -0.870. The van der Waals surface area contributed by atoms with Gasteiger partial charge in [-0.1, -0.05) is 48.3 Å². The summed E-state index contributed by atoms with van der Waals surface area (Å²) in [6, 6.07) is 7.45. The summed E-state index contributed by atoms with van der Waals surface area (Å²) in [5.74, 6) is 0.113. The molecule has 3 N–H and O–H groups in total. The van der Waals surface area contributed by atoms with Gasteiger partial charge in [0, 0.05) is 4.47 Å². The summed E-state index contributed by atoms with van der Waals surface area (Å²) in [5, 5.41) is 2.95. The summed E-state index contributed by atoms with van der Waals surface area (Å²) in [5.41, 5.74) is 6.97. The first-order valence-corrected chi connectivity index (χ1v) is 7.06. The van der Waals surface area contributed by atoms with Crippen molar-refractivity contribution in [1.29, 1.82) is 0 Å². The minimum Gasteiger partial charge on any atom is -0.348 e. The minimum atomic E-state index is -0.437. The molecule has 0 spiro atoms. The summed E-state index contributed by atoms with van der Waals surface area (Å²) < 4.78 is 1.03. The molecule has 3 nitrogen and oxygen atoms in total. The SMILES string of the molecule is CC[C@H](C)[C@H](N)C(=O)N[C@@H](C)c1ccc(Br)cc1. The Bertz CT molecular complexity index is 391. The van der Waals surface area contributed by atoms with E-state index >= 15 is 0 Å². The van der Waals surface area contributed by atoms with E-state index in [-0.39, 0.29) is 17.9 Å². The zero-order valence-electron chi connectivity index (χ0n) is 11.1. The van der Waals surface area contributed by atoms with Crippen LogP contribution in [0.4, 0.5) is 0 Å². The standard InChI is InChI=1S/C14H21BrN2O/c1-4-9(2)13(16)14(18)17-10(3)11-5-7-12(15)8-6-11/h5-10,13H,4,16H2,1-3H3,(H,17,18)/t9-,10-,13-/m0/s1. The Kier molecular flexibility index (Phi) is 5.82. The van der Waals surface area contributed by atoms with E-state index in [9.17, 15) is 4.79 Å². The average molecular weight is 313 g/mol. The quantitative estimate of drug-likeness (QED) is 0.878. The maximum absolute atomic E-state index is 11.9. The minimum absolute atomic E-state index is 0.0271. The number of halogens is 1. The lowest BCUT2D eigenvalue weighted by atomic mass is 9.98. The smallest absolute Gasteiger partial charge is 0.237 e. The van der Waals surface area contributed by atoms with E-state index in [0.29, 0.717) is 0 Å². The highest BCUT2D eigenvalue weighted by Gasteiger charge is 2.21. The van der Waals surface area contributed by atoms with Crippen LogP contribution >= 0.6 is 15.9 Å². The van der Waals surface area contributed by atoms with Crippen LogP contribution in [0.1, 0.15) is 38.8 Å². The van der Waals surface area contributed by atoms with Gasteiger partial charge in [0.2, 0.25) is 5.91 Å². The van der Waals surface area contributed by atoms with Gasteiger partial charge in [0.05, 0.1) is 12.1 Å². The van der Waals surface area contributed by atoms with Gasteiger partial charge in [0.1, 0.15) is 0 Å². The number of nitrogens with one attached hydrogen (secondary N) is 1. The fraction of sp³-hybridized carbons (Fsp3) is 0.500. The van der Waals surface area contributed by atoms with Crippen LogP contribution in [0.15, 0.2) is 28.7 Å². The van der Waals surface area contributed by atoms with Gasteiger partial charge >= 0.3 is 0 Å². The van der Waals surface area contributed by atoms with Gasteiger partial charge in [0.15, 0.2) is 0 Å². The van der Waals surface area contributed by atoms with Crippen molar-refractivity contribution in [3.8, 4) is 0 Å². The molecule has 18 heavy (non-hydrogen) atoms. The Morgan fingerprint density at radius 2 is 1.89 bits per heavy atom. The molecule has 0 unspecified atom stereocenters. The van der Waals surface area contributed by atoms with Gasteiger partial charge in [0.25, 0.3) is 0 Å². The first-order valence-electron chi connectivity index (χ1n) is 6.27. The first-order chi connectivity index (χ1) is 8.45. The maximum atomic E-state index is 11.9. The molecule has 0 radical (unpaired) electrons. The fourth-order valence-electron chi connectivity index (χ4n) is 1.66. The molecule has 0 fully saturated rings. The van der Waals surface area contributed by atoms with Gasteiger partial charge in [-0.15, -0.1) is 0 Å². The first kappa shape index (κ1) is 15.2. The normalized spacial score (nSPS) is 15.8. The third-order valence-electron chi connectivity index (χ3n) is 3.29. The molecule has 1 rings (SSSR count). The molecule has 1 aromatic rings. The molecular formula is C14H21BrN2O. The Balaban J connectivity index is 2.61. The summed E-state index contributed by atoms with van der Waals surface area (Å²) in [6.45, 7) is 6.00. The molecule has 0 aliphatic carbocycles. The van der Waals surface area contributed by atoms with Gasteiger partial charge in [-0.3, -0.25) is 4.79 Å². The van der Waals surface area contributed by atoms with E-state index in [1.165, 1.54) is 0 Å². The van der Waals surface area contributed by atoms with Crippen LogP contribution < -0.4 is 11.1 Å². The number of carbonyl (C=O) groups excluding carboxylic acids is 1. The third kappa shape index (κ3) is 4.10. The number of rotatable bonds is 5. The number of benzene rings is 1. The van der Waals surface area contributed by atoms with Crippen molar-refractivity contribution in [1.82, 2.24) is 5.32 Å². The number of nitrogens with two attached hydrogens (primary N) is 1. The highest BCUT2D eigenvalue weighted by molar-refractivity contribution is 9.10.